The summed E-state index contributed by atoms with van der Waals surface area (Å²) in [6.45, 7) is 9.54. The van der Waals surface area contributed by atoms with Crippen LogP contribution in [0, 0.1) is 0 Å². The lowest BCUT2D eigenvalue weighted by molar-refractivity contribution is 0.301. The smallest absolute Gasteiger partial charge is 0.280 e. The van der Waals surface area contributed by atoms with Crippen LogP contribution in [0.5, 0.6) is 0 Å². The van der Waals surface area contributed by atoms with Crippen molar-refractivity contribution in [2.24, 2.45) is 7.05 Å². The third-order valence-electron chi connectivity index (χ3n) is 3.62. The van der Waals surface area contributed by atoms with E-state index >= 15 is 0 Å². The summed E-state index contributed by atoms with van der Waals surface area (Å²) in [5, 5.41) is 15.8. The molecule has 0 saturated carbocycles. The van der Waals surface area contributed by atoms with Crippen LogP contribution < -0.4 is 10.9 Å². The van der Waals surface area contributed by atoms with Gasteiger partial charge in [0.15, 0.2) is 5.65 Å². The number of nitrogens with one attached hydrogen (secondary N) is 1. The van der Waals surface area contributed by atoms with Crippen molar-refractivity contribution >= 4 is 11.0 Å². The summed E-state index contributed by atoms with van der Waals surface area (Å²) in [5.74, 6) is 0. The fourth-order valence-electron chi connectivity index (χ4n) is 2.21. The van der Waals surface area contributed by atoms with Crippen molar-refractivity contribution in [2.75, 3.05) is 32.7 Å². The van der Waals surface area contributed by atoms with E-state index < -0.39 is 0 Å². The molecule has 0 aromatic carbocycles. The van der Waals surface area contributed by atoms with Crippen LogP contribution in [0.1, 0.15) is 13.8 Å². The Bertz CT molecular complexity index is 629. The van der Waals surface area contributed by atoms with Crippen molar-refractivity contribution in [3.8, 4) is 0 Å². The average Bonchev–Trinajstić information content (AvgIpc) is 2.87. The number of hydrogen-bond donors (Lipinski definition) is 1. The number of aryl methyl sites for hydroxylation is 1. The van der Waals surface area contributed by atoms with Gasteiger partial charge in [-0.3, -0.25) is 4.79 Å². The maximum Gasteiger partial charge on any atom is 0.280 e. The van der Waals surface area contributed by atoms with Gasteiger partial charge in [0, 0.05) is 26.7 Å². The summed E-state index contributed by atoms with van der Waals surface area (Å²) in [6, 6.07) is 0. The molecule has 2 aromatic rings. The summed E-state index contributed by atoms with van der Waals surface area (Å²) in [7, 11) is 1.75. The van der Waals surface area contributed by atoms with Gasteiger partial charge in [-0.2, -0.15) is 5.10 Å². The molecule has 8 nitrogen and oxygen atoms in total. The van der Waals surface area contributed by atoms with E-state index in [9.17, 15) is 4.79 Å². The highest BCUT2D eigenvalue weighted by Crippen LogP contribution is 2.01. The molecule has 0 spiro atoms. The molecule has 0 bridgehead atoms. The third kappa shape index (κ3) is 3.64. The van der Waals surface area contributed by atoms with E-state index in [-0.39, 0.29) is 5.56 Å². The minimum absolute atomic E-state index is 0.140. The summed E-state index contributed by atoms with van der Waals surface area (Å²) < 4.78 is 2.94. The lowest BCUT2D eigenvalue weighted by atomic mass is 10.4. The zero-order chi connectivity index (χ0) is 15.2. The van der Waals surface area contributed by atoms with Gasteiger partial charge in [-0.15, -0.1) is 5.10 Å². The molecule has 0 aliphatic carbocycles. The van der Waals surface area contributed by atoms with E-state index in [0.717, 1.165) is 26.2 Å². The second-order valence-corrected chi connectivity index (χ2v) is 4.90. The topological polar surface area (TPSA) is 80.9 Å². The van der Waals surface area contributed by atoms with Crippen LogP contribution in [0.25, 0.3) is 11.0 Å². The van der Waals surface area contributed by atoms with Gasteiger partial charge in [-0.25, -0.2) is 9.36 Å². The van der Waals surface area contributed by atoms with Gasteiger partial charge in [0.1, 0.15) is 5.39 Å². The van der Waals surface area contributed by atoms with Crippen LogP contribution >= 0.6 is 0 Å². The zero-order valence-electron chi connectivity index (χ0n) is 12.9. The summed E-state index contributed by atoms with van der Waals surface area (Å²) in [6.07, 6.45) is 1.54. The zero-order valence-corrected chi connectivity index (χ0v) is 12.9. The quantitative estimate of drug-likeness (QED) is 0.658. The van der Waals surface area contributed by atoms with Crippen LogP contribution in [0.15, 0.2) is 11.0 Å². The molecule has 116 valence electrons. The molecular formula is C13H23N7O. The number of nitrogens with zero attached hydrogens (tertiary/aromatic N) is 6. The fourth-order valence-corrected chi connectivity index (χ4v) is 2.21. The molecule has 2 rings (SSSR count). The highest BCUT2D eigenvalue weighted by atomic mass is 16.1. The molecule has 1 N–H and O–H groups in total. The van der Waals surface area contributed by atoms with Crippen LogP contribution in [-0.4, -0.2) is 62.4 Å². The van der Waals surface area contributed by atoms with Crippen molar-refractivity contribution < 1.29 is 0 Å². The summed E-state index contributed by atoms with van der Waals surface area (Å²) in [5.41, 5.74) is 0.379. The Kier molecular flexibility index (Phi) is 5.40. The minimum Gasteiger partial charge on any atom is -0.314 e. The van der Waals surface area contributed by atoms with E-state index in [4.69, 9.17) is 0 Å². The molecule has 0 unspecified atom stereocenters. The number of hydrogen-bond acceptors (Lipinski definition) is 6. The molecule has 0 saturated heterocycles. The molecule has 0 atom stereocenters. The second kappa shape index (κ2) is 7.28. The Balaban J connectivity index is 1.87. The highest BCUT2D eigenvalue weighted by molar-refractivity contribution is 5.72. The minimum atomic E-state index is -0.140. The normalized spacial score (nSPS) is 11.6. The Morgan fingerprint density at radius 3 is 2.76 bits per heavy atom. The Hall–Kier alpha value is -1.80. The first-order valence-electron chi connectivity index (χ1n) is 7.36. The van der Waals surface area contributed by atoms with Gasteiger partial charge in [-0.1, -0.05) is 19.1 Å². The van der Waals surface area contributed by atoms with Gasteiger partial charge in [-0.05, 0) is 13.1 Å². The average molecular weight is 293 g/mol. The standard InChI is InChI=1S/C13H23N7O/c1-4-19(5-2)8-6-14-7-9-20-13(21)11-10-15-18(3)12(11)16-17-20/h10,14H,4-9H2,1-3H3. The molecule has 2 heterocycles. The molecule has 2 aromatic heterocycles. The predicted molar refractivity (Wildman–Crippen MR) is 81.2 cm³/mol. The van der Waals surface area contributed by atoms with E-state index in [1.807, 2.05) is 0 Å². The van der Waals surface area contributed by atoms with E-state index in [2.05, 4.69) is 39.5 Å². The Morgan fingerprint density at radius 2 is 2.05 bits per heavy atom. The highest BCUT2D eigenvalue weighted by Gasteiger charge is 2.08. The van der Waals surface area contributed by atoms with E-state index in [1.54, 1.807) is 11.7 Å². The second-order valence-electron chi connectivity index (χ2n) is 4.90. The third-order valence-corrected chi connectivity index (χ3v) is 3.62. The maximum absolute atomic E-state index is 12.2. The monoisotopic (exact) mass is 293 g/mol. The number of fused-ring (bicyclic) bond motifs is 1. The molecule has 0 amide bonds. The van der Waals surface area contributed by atoms with Gasteiger partial charge in [0.05, 0.1) is 12.7 Å². The first-order chi connectivity index (χ1) is 10.2. The molecule has 0 aliphatic heterocycles. The van der Waals surface area contributed by atoms with Crippen molar-refractivity contribution in [3.05, 3.63) is 16.6 Å². The van der Waals surface area contributed by atoms with Crippen molar-refractivity contribution in [3.63, 3.8) is 0 Å². The first-order valence-corrected chi connectivity index (χ1v) is 7.36. The van der Waals surface area contributed by atoms with Crippen molar-refractivity contribution in [2.45, 2.75) is 20.4 Å². The first kappa shape index (κ1) is 15.6. The SMILES string of the molecule is CCN(CC)CCNCCn1nnc2c(cnn2C)c1=O. The molecule has 0 radical (unpaired) electrons. The van der Waals surface area contributed by atoms with Gasteiger partial charge >= 0.3 is 0 Å². The van der Waals surface area contributed by atoms with Crippen molar-refractivity contribution in [1.29, 1.82) is 0 Å². The van der Waals surface area contributed by atoms with Crippen molar-refractivity contribution in [1.82, 2.24) is 35.0 Å². The lowest BCUT2D eigenvalue weighted by Crippen LogP contribution is -2.35. The molecular weight excluding hydrogens is 270 g/mol. The van der Waals surface area contributed by atoms with Crippen LogP contribution in [-0.2, 0) is 13.6 Å². The Morgan fingerprint density at radius 1 is 1.29 bits per heavy atom. The van der Waals surface area contributed by atoms with Gasteiger partial charge < -0.3 is 10.2 Å². The predicted octanol–water partition coefficient (Wildman–Crippen LogP) is -0.544. The van der Waals surface area contributed by atoms with Crippen LogP contribution in [0.4, 0.5) is 0 Å². The molecule has 0 aliphatic rings. The number of likely N-dealkylation sites (N-methyl/N-ethyl adjacent to an activating group) is 1. The number of rotatable bonds is 8. The number of aromatic nitrogens is 5. The van der Waals surface area contributed by atoms with Crippen LogP contribution in [0.2, 0.25) is 0 Å². The van der Waals surface area contributed by atoms with E-state index in [0.29, 0.717) is 24.1 Å². The largest absolute Gasteiger partial charge is 0.314 e. The van der Waals surface area contributed by atoms with Crippen LogP contribution in [0.3, 0.4) is 0 Å². The maximum atomic E-state index is 12.2. The van der Waals surface area contributed by atoms with E-state index in [1.165, 1.54) is 10.9 Å². The summed E-state index contributed by atoms with van der Waals surface area (Å²) in [4.78, 5) is 14.5. The molecule has 8 heteroatoms. The van der Waals surface area contributed by atoms with Gasteiger partial charge in [0.25, 0.3) is 5.56 Å². The van der Waals surface area contributed by atoms with Gasteiger partial charge in [0.2, 0.25) is 0 Å². The molecule has 21 heavy (non-hydrogen) atoms. The summed E-state index contributed by atoms with van der Waals surface area (Å²) >= 11 is 0. The fraction of sp³-hybridized carbons (Fsp3) is 0.692. The molecule has 0 fully saturated rings. The lowest BCUT2D eigenvalue weighted by Gasteiger charge is -2.17. The Labute approximate surface area is 123 Å².